The van der Waals surface area contributed by atoms with Crippen LogP contribution in [-0.2, 0) is 4.74 Å². The number of ether oxygens (including phenoxy) is 1. The van der Waals surface area contributed by atoms with E-state index in [0.717, 1.165) is 36.2 Å². The second-order valence-corrected chi connectivity index (χ2v) is 4.98. The number of benzene rings is 1. The minimum Gasteiger partial charge on any atom is -0.378 e. The molecule has 0 bridgehead atoms. The van der Waals surface area contributed by atoms with Crippen LogP contribution in [-0.4, -0.2) is 31.3 Å². The SMILES string of the molecule is Brc1cncc2ccc(N3CCOCC3)cc12. The van der Waals surface area contributed by atoms with Crippen molar-refractivity contribution in [1.82, 2.24) is 4.98 Å². The average molecular weight is 293 g/mol. The second kappa shape index (κ2) is 4.63. The Morgan fingerprint density at radius 1 is 1.18 bits per heavy atom. The van der Waals surface area contributed by atoms with Crippen LogP contribution in [0.1, 0.15) is 0 Å². The lowest BCUT2D eigenvalue weighted by Crippen LogP contribution is -2.36. The summed E-state index contributed by atoms with van der Waals surface area (Å²) in [6, 6.07) is 6.49. The number of pyridine rings is 1. The van der Waals surface area contributed by atoms with Crippen LogP contribution in [0.4, 0.5) is 5.69 Å². The Bertz CT molecular complexity index is 538. The van der Waals surface area contributed by atoms with E-state index in [2.05, 4.69) is 44.0 Å². The molecule has 1 fully saturated rings. The van der Waals surface area contributed by atoms with E-state index in [1.807, 2.05) is 12.4 Å². The van der Waals surface area contributed by atoms with E-state index < -0.39 is 0 Å². The summed E-state index contributed by atoms with van der Waals surface area (Å²) >= 11 is 3.55. The fourth-order valence-corrected chi connectivity index (χ4v) is 2.60. The Hall–Kier alpha value is -1.13. The summed E-state index contributed by atoms with van der Waals surface area (Å²) < 4.78 is 6.42. The number of hydrogen-bond donors (Lipinski definition) is 0. The van der Waals surface area contributed by atoms with Gasteiger partial charge in [-0.15, -0.1) is 0 Å². The summed E-state index contributed by atoms with van der Waals surface area (Å²) in [6.45, 7) is 3.56. The van der Waals surface area contributed by atoms with Crippen LogP contribution in [0.3, 0.4) is 0 Å². The lowest BCUT2D eigenvalue weighted by atomic mass is 10.1. The van der Waals surface area contributed by atoms with Crippen LogP contribution >= 0.6 is 15.9 Å². The highest BCUT2D eigenvalue weighted by Gasteiger charge is 2.11. The van der Waals surface area contributed by atoms with Gasteiger partial charge in [-0.25, -0.2) is 0 Å². The van der Waals surface area contributed by atoms with Gasteiger partial charge in [0.05, 0.1) is 13.2 Å². The molecular weight excluding hydrogens is 280 g/mol. The van der Waals surface area contributed by atoms with Gasteiger partial charge in [-0.3, -0.25) is 4.98 Å². The molecule has 0 spiro atoms. The summed E-state index contributed by atoms with van der Waals surface area (Å²) in [5, 5.41) is 2.38. The van der Waals surface area contributed by atoms with Crippen molar-refractivity contribution in [3.8, 4) is 0 Å². The second-order valence-electron chi connectivity index (χ2n) is 4.13. The number of nitrogens with zero attached hydrogens (tertiary/aromatic N) is 2. The molecule has 0 unspecified atom stereocenters. The normalized spacial score (nSPS) is 16.4. The minimum atomic E-state index is 0.815. The highest BCUT2D eigenvalue weighted by Crippen LogP contribution is 2.27. The van der Waals surface area contributed by atoms with Crippen molar-refractivity contribution < 1.29 is 4.74 Å². The Kier molecular flexibility index (Phi) is 2.99. The molecule has 1 aromatic carbocycles. The van der Waals surface area contributed by atoms with Gasteiger partial charge in [-0.1, -0.05) is 6.07 Å². The maximum Gasteiger partial charge on any atom is 0.0642 e. The molecule has 0 atom stereocenters. The van der Waals surface area contributed by atoms with Crippen molar-refractivity contribution in [1.29, 1.82) is 0 Å². The minimum absolute atomic E-state index is 0.815. The molecule has 3 nitrogen and oxygen atoms in total. The van der Waals surface area contributed by atoms with E-state index in [4.69, 9.17) is 4.74 Å². The maximum absolute atomic E-state index is 5.37. The molecule has 88 valence electrons. The topological polar surface area (TPSA) is 25.4 Å². The quantitative estimate of drug-likeness (QED) is 0.808. The molecule has 0 saturated carbocycles. The number of hydrogen-bond acceptors (Lipinski definition) is 3. The molecule has 3 rings (SSSR count). The molecule has 2 aromatic rings. The van der Waals surface area contributed by atoms with Gasteiger partial charge in [0.2, 0.25) is 0 Å². The van der Waals surface area contributed by atoms with Crippen molar-refractivity contribution in [3.63, 3.8) is 0 Å². The van der Waals surface area contributed by atoms with Gasteiger partial charge in [0.1, 0.15) is 0 Å². The zero-order valence-electron chi connectivity index (χ0n) is 9.40. The third-order valence-electron chi connectivity index (χ3n) is 3.07. The molecule has 0 radical (unpaired) electrons. The molecule has 4 heteroatoms. The lowest BCUT2D eigenvalue weighted by Gasteiger charge is -2.29. The van der Waals surface area contributed by atoms with Crippen molar-refractivity contribution in [3.05, 3.63) is 35.1 Å². The first-order valence-corrected chi connectivity index (χ1v) is 6.50. The molecule has 1 saturated heterocycles. The number of morpholine rings is 1. The predicted molar refractivity (Wildman–Crippen MR) is 72.5 cm³/mol. The van der Waals surface area contributed by atoms with E-state index in [1.54, 1.807) is 0 Å². The fourth-order valence-electron chi connectivity index (χ4n) is 2.13. The summed E-state index contributed by atoms with van der Waals surface area (Å²) in [7, 11) is 0. The fraction of sp³-hybridized carbons (Fsp3) is 0.308. The van der Waals surface area contributed by atoms with Gasteiger partial charge in [0.25, 0.3) is 0 Å². The van der Waals surface area contributed by atoms with Crippen LogP contribution in [0, 0.1) is 0 Å². The van der Waals surface area contributed by atoms with Gasteiger partial charge in [-0.05, 0) is 28.1 Å². The highest BCUT2D eigenvalue weighted by molar-refractivity contribution is 9.10. The molecule has 1 aromatic heterocycles. The number of anilines is 1. The zero-order chi connectivity index (χ0) is 11.7. The standard InChI is InChI=1S/C13H13BrN2O/c14-13-9-15-8-10-1-2-11(7-12(10)13)16-3-5-17-6-4-16/h1-2,7-9H,3-6H2. The Morgan fingerprint density at radius 3 is 2.82 bits per heavy atom. The van der Waals surface area contributed by atoms with Gasteiger partial charge in [0.15, 0.2) is 0 Å². The lowest BCUT2D eigenvalue weighted by molar-refractivity contribution is 0.122. The number of fused-ring (bicyclic) bond motifs is 1. The van der Waals surface area contributed by atoms with E-state index in [9.17, 15) is 0 Å². The van der Waals surface area contributed by atoms with Crippen LogP contribution in [0.15, 0.2) is 35.1 Å². The number of halogens is 1. The smallest absolute Gasteiger partial charge is 0.0642 e. The molecule has 0 amide bonds. The monoisotopic (exact) mass is 292 g/mol. The Balaban J connectivity index is 2.03. The molecule has 2 heterocycles. The van der Waals surface area contributed by atoms with E-state index >= 15 is 0 Å². The maximum atomic E-state index is 5.37. The van der Waals surface area contributed by atoms with E-state index in [0.29, 0.717) is 0 Å². The van der Waals surface area contributed by atoms with Gasteiger partial charge >= 0.3 is 0 Å². The first kappa shape index (κ1) is 11.0. The molecule has 17 heavy (non-hydrogen) atoms. The molecular formula is C13H13BrN2O. The summed E-state index contributed by atoms with van der Waals surface area (Å²) in [5.41, 5.74) is 1.26. The molecule has 0 N–H and O–H groups in total. The average Bonchev–Trinajstić information content (AvgIpc) is 2.40. The summed E-state index contributed by atoms with van der Waals surface area (Å²) in [5.74, 6) is 0. The third kappa shape index (κ3) is 2.15. The molecule has 1 aliphatic heterocycles. The first-order valence-electron chi connectivity index (χ1n) is 5.70. The summed E-state index contributed by atoms with van der Waals surface area (Å²) in [4.78, 5) is 6.53. The summed E-state index contributed by atoms with van der Waals surface area (Å²) in [6.07, 6.45) is 3.73. The van der Waals surface area contributed by atoms with Crippen LogP contribution < -0.4 is 4.90 Å². The molecule has 1 aliphatic rings. The first-order chi connectivity index (χ1) is 8.34. The van der Waals surface area contributed by atoms with E-state index in [1.165, 1.54) is 11.1 Å². The van der Waals surface area contributed by atoms with Gasteiger partial charge in [0, 0.05) is 46.4 Å². The third-order valence-corrected chi connectivity index (χ3v) is 3.70. The van der Waals surface area contributed by atoms with Gasteiger partial charge in [-0.2, -0.15) is 0 Å². The Labute approximate surface area is 109 Å². The number of rotatable bonds is 1. The predicted octanol–water partition coefficient (Wildman–Crippen LogP) is 2.83. The van der Waals surface area contributed by atoms with Gasteiger partial charge < -0.3 is 9.64 Å². The largest absolute Gasteiger partial charge is 0.378 e. The zero-order valence-corrected chi connectivity index (χ0v) is 11.0. The van der Waals surface area contributed by atoms with Crippen LogP contribution in [0.5, 0.6) is 0 Å². The Morgan fingerprint density at radius 2 is 2.00 bits per heavy atom. The molecule has 0 aliphatic carbocycles. The van der Waals surface area contributed by atoms with E-state index in [-0.39, 0.29) is 0 Å². The van der Waals surface area contributed by atoms with Crippen molar-refractivity contribution in [2.45, 2.75) is 0 Å². The van der Waals surface area contributed by atoms with Crippen LogP contribution in [0.2, 0.25) is 0 Å². The van der Waals surface area contributed by atoms with Crippen molar-refractivity contribution >= 4 is 32.4 Å². The van der Waals surface area contributed by atoms with Crippen molar-refractivity contribution in [2.75, 3.05) is 31.2 Å². The van der Waals surface area contributed by atoms with Crippen LogP contribution in [0.25, 0.3) is 10.8 Å². The van der Waals surface area contributed by atoms with Crippen molar-refractivity contribution in [2.24, 2.45) is 0 Å². The number of aromatic nitrogens is 1. The highest BCUT2D eigenvalue weighted by atomic mass is 79.9.